The second kappa shape index (κ2) is 11.1. The molecule has 0 atom stereocenters. The number of methoxy groups -OCH3 is 1. The summed E-state index contributed by atoms with van der Waals surface area (Å²) in [6.07, 6.45) is 0. The molecule has 0 fully saturated rings. The van der Waals surface area contributed by atoms with Gasteiger partial charge in [-0.15, -0.1) is 0 Å². The van der Waals surface area contributed by atoms with Crippen LogP contribution in [-0.2, 0) is 26.1 Å². The second-order valence-corrected chi connectivity index (χ2v) is 9.37. The number of hydrogen-bond acceptors (Lipinski definition) is 6. The lowest BCUT2D eigenvalue weighted by molar-refractivity contribution is -0.119. The third kappa shape index (κ3) is 6.40. The number of halogens is 2. The average molecular weight is 505 g/mol. The van der Waals surface area contributed by atoms with Crippen LogP contribution >= 0.6 is 0 Å². The molecule has 0 saturated carbocycles. The lowest BCUT2D eigenvalue weighted by Gasteiger charge is -2.19. The van der Waals surface area contributed by atoms with Gasteiger partial charge in [0, 0.05) is 19.7 Å². The van der Waals surface area contributed by atoms with Gasteiger partial charge in [0.2, 0.25) is 10.0 Å². The van der Waals surface area contributed by atoms with E-state index < -0.39 is 40.1 Å². The van der Waals surface area contributed by atoms with E-state index in [1.165, 1.54) is 26.3 Å². The SMILES string of the molecule is COc1ccc(C(=O)OCC(=O)Nc2ccc(F)cc2F)cc1S(=O)(=O)N(C)Cc1ccccc1. The molecule has 184 valence electrons. The van der Waals surface area contributed by atoms with Crippen LogP contribution in [0.2, 0.25) is 0 Å². The molecule has 3 aromatic carbocycles. The monoisotopic (exact) mass is 504 g/mol. The summed E-state index contributed by atoms with van der Waals surface area (Å²) in [5, 5.41) is 2.16. The van der Waals surface area contributed by atoms with Gasteiger partial charge in [-0.3, -0.25) is 4.79 Å². The maximum absolute atomic E-state index is 13.7. The Kier molecular flexibility index (Phi) is 8.15. The predicted octanol–water partition coefficient (Wildman–Crippen LogP) is 3.59. The van der Waals surface area contributed by atoms with E-state index in [0.717, 1.165) is 28.1 Å². The summed E-state index contributed by atoms with van der Waals surface area (Å²) in [5.74, 6) is -3.63. The zero-order valence-corrected chi connectivity index (χ0v) is 19.6. The van der Waals surface area contributed by atoms with Gasteiger partial charge >= 0.3 is 5.97 Å². The molecule has 3 aromatic rings. The van der Waals surface area contributed by atoms with Crippen molar-refractivity contribution < 1.29 is 36.3 Å². The zero-order valence-electron chi connectivity index (χ0n) is 18.8. The first-order chi connectivity index (χ1) is 16.6. The molecule has 0 heterocycles. The van der Waals surface area contributed by atoms with Crippen molar-refractivity contribution in [3.05, 3.63) is 89.5 Å². The summed E-state index contributed by atoms with van der Waals surface area (Å²) >= 11 is 0. The van der Waals surface area contributed by atoms with Crippen LogP contribution in [0.4, 0.5) is 14.5 Å². The number of sulfonamides is 1. The number of hydrogen-bond donors (Lipinski definition) is 1. The number of nitrogens with zero attached hydrogens (tertiary/aromatic N) is 1. The van der Waals surface area contributed by atoms with E-state index in [4.69, 9.17) is 9.47 Å². The van der Waals surface area contributed by atoms with E-state index >= 15 is 0 Å². The molecule has 8 nitrogen and oxygen atoms in total. The molecule has 1 amide bonds. The minimum Gasteiger partial charge on any atom is -0.495 e. The third-order valence-corrected chi connectivity index (χ3v) is 6.70. The highest BCUT2D eigenvalue weighted by molar-refractivity contribution is 7.89. The fourth-order valence-corrected chi connectivity index (χ4v) is 4.43. The van der Waals surface area contributed by atoms with Crippen LogP contribution in [-0.4, -0.2) is 45.4 Å². The predicted molar refractivity (Wildman–Crippen MR) is 123 cm³/mol. The Morgan fingerprint density at radius 1 is 1.00 bits per heavy atom. The zero-order chi connectivity index (χ0) is 25.6. The number of carbonyl (C=O) groups excluding carboxylic acids is 2. The smallest absolute Gasteiger partial charge is 0.338 e. The van der Waals surface area contributed by atoms with Gasteiger partial charge in [-0.1, -0.05) is 30.3 Å². The molecule has 0 spiro atoms. The molecular weight excluding hydrogens is 482 g/mol. The molecule has 1 N–H and O–H groups in total. The van der Waals surface area contributed by atoms with Crippen LogP contribution in [0, 0.1) is 11.6 Å². The van der Waals surface area contributed by atoms with Gasteiger partial charge in [-0.2, -0.15) is 4.31 Å². The van der Waals surface area contributed by atoms with Crippen molar-refractivity contribution in [2.75, 3.05) is 26.1 Å². The van der Waals surface area contributed by atoms with Crippen molar-refractivity contribution >= 4 is 27.6 Å². The van der Waals surface area contributed by atoms with Gasteiger partial charge in [0.25, 0.3) is 5.91 Å². The topological polar surface area (TPSA) is 102 Å². The van der Waals surface area contributed by atoms with Crippen molar-refractivity contribution in [3.63, 3.8) is 0 Å². The lowest BCUT2D eigenvalue weighted by Crippen LogP contribution is -2.27. The van der Waals surface area contributed by atoms with E-state index in [-0.39, 0.29) is 28.4 Å². The van der Waals surface area contributed by atoms with Crippen LogP contribution < -0.4 is 10.1 Å². The Morgan fingerprint density at radius 2 is 1.71 bits per heavy atom. The van der Waals surface area contributed by atoms with Crippen molar-refractivity contribution in [2.24, 2.45) is 0 Å². The summed E-state index contributed by atoms with van der Waals surface area (Å²) in [6.45, 7) is -0.696. The average Bonchev–Trinajstić information content (AvgIpc) is 2.84. The number of anilines is 1. The Balaban J connectivity index is 1.73. The quantitative estimate of drug-likeness (QED) is 0.447. The van der Waals surface area contributed by atoms with Gasteiger partial charge < -0.3 is 14.8 Å². The number of esters is 1. The van der Waals surface area contributed by atoms with Gasteiger partial charge in [0.05, 0.1) is 18.4 Å². The summed E-state index contributed by atoms with van der Waals surface area (Å²) in [4.78, 5) is 24.2. The third-order valence-electron chi connectivity index (χ3n) is 4.88. The molecule has 0 aliphatic rings. The molecule has 11 heteroatoms. The maximum atomic E-state index is 13.7. The molecule has 3 rings (SSSR count). The molecule has 0 aliphatic heterocycles. The molecule has 0 aliphatic carbocycles. The minimum absolute atomic E-state index is 0.0194. The second-order valence-electron chi connectivity index (χ2n) is 7.36. The molecule has 0 aromatic heterocycles. The molecule has 0 saturated heterocycles. The van der Waals surface area contributed by atoms with Gasteiger partial charge in [-0.25, -0.2) is 22.0 Å². The Morgan fingerprint density at radius 3 is 2.37 bits per heavy atom. The minimum atomic E-state index is -4.07. The number of nitrogens with one attached hydrogen (secondary N) is 1. The lowest BCUT2D eigenvalue weighted by atomic mass is 10.2. The van der Waals surface area contributed by atoms with Crippen molar-refractivity contribution in [3.8, 4) is 5.75 Å². The Labute approximate surface area is 201 Å². The van der Waals surface area contributed by atoms with Crippen LogP contribution in [0.5, 0.6) is 5.75 Å². The highest BCUT2D eigenvalue weighted by atomic mass is 32.2. The van der Waals surface area contributed by atoms with E-state index in [1.54, 1.807) is 24.3 Å². The summed E-state index contributed by atoms with van der Waals surface area (Å²) < 4.78 is 64.2. The molecule has 35 heavy (non-hydrogen) atoms. The van der Waals surface area contributed by atoms with Crippen molar-refractivity contribution in [1.82, 2.24) is 4.31 Å². The van der Waals surface area contributed by atoms with Gasteiger partial charge in [0.1, 0.15) is 22.3 Å². The Hall–Kier alpha value is -3.83. The summed E-state index contributed by atoms with van der Waals surface area (Å²) in [5.41, 5.74) is 0.335. The maximum Gasteiger partial charge on any atom is 0.338 e. The number of carbonyl (C=O) groups is 2. The van der Waals surface area contributed by atoms with Crippen molar-refractivity contribution in [1.29, 1.82) is 0 Å². The number of ether oxygens (including phenoxy) is 2. The van der Waals surface area contributed by atoms with Gasteiger partial charge in [-0.05, 0) is 35.9 Å². The highest BCUT2D eigenvalue weighted by Crippen LogP contribution is 2.28. The van der Waals surface area contributed by atoms with E-state index in [0.29, 0.717) is 6.07 Å². The summed E-state index contributed by atoms with van der Waals surface area (Å²) in [7, 11) is -1.38. The molecule has 0 unspecified atom stereocenters. The highest BCUT2D eigenvalue weighted by Gasteiger charge is 2.27. The van der Waals surface area contributed by atoms with Crippen LogP contribution in [0.1, 0.15) is 15.9 Å². The van der Waals surface area contributed by atoms with Crippen LogP contribution in [0.3, 0.4) is 0 Å². The first-order valence-electron chi connectivity index (χ1n) is 10.2. The fourth-order valence-electron chi connectivity index (χ4n) is 3.09. The van der Waals surface area contributed by atoms with E-state index in [2.05, 4.69) is 5.32 Å². The van der Waals surface area contributed by atoms with Crippen LogP contribution in [0.15, 0.2) is 71.6 Å². The standard InChI is InChI=1S/C24H22F2N2O6S/c1-28(14-16-6-4-3-5-7-16)35(31,32)22-12-17(8-11-21(22)33-2)24(30)34-15-23(29)27-20-10-9-18(25)13-19(20)26/h3-13H,14-15H2,1-2H3,(H,27,29). The molecular formula is C24H22F2N2O6S. The number of amides is 1. The fraction of sp³-hybridized carbons (Fsp3) is 0.167. The van der Waals surface area contributed by atoms with E-state index in [1.807, 2.05) is 6.07 Å². The largest absolute Gasteiger partial charge is 0.495 e. The Bertz CT molecular complexity index is 1330. The number of benzene rings is 3. The van der Waals surface area contributed by atoms with Gasteiger partial charge in [0.15, 0.2) is 6.61 Å². The summed E-state index contributed by atoms with van der Waals surface area (Å²) in [6, 6.07) is 15.2. The first-order valence-corrected chi connectivity index (χ1v) is 11.7. The first kappa shape index (κ1) is 25.8. The number of rotatable bonds is 9. The van der Waals surface area contributed by atoms with Crippen molar-refractivity contribution in [2.45, 2.75) is 11.4 Å². The molecule has 0 radical (unpaired) electrons. The molecule has 0 bridgehead atoms. The van der Waals surface area contributed by atoms with Crippen LogP contribution in [0.25, 0.3) is 0 Å². The normalized spacial score (nSPS) is 11.2. The van der Waals surface area contributed by atoms with E-state index in [9.17, 15) is 26.8 Å².